The first-order valence-electron chi connectivity index (χ1n) is 10.2. The van der Waals surface area contributed by atoms with Crippen LogP contribution in [0.5, 0.6) is 0 Å². The number of nitrogens with one attached hydrogen (secondary N) is 1. The summed E-state index contributed by atoms with van der Waals surface area (Å²) in [6.07, 6.45) is 2.43. The molecular formula is C23H21FN6O2. The second-order valence-corrected chi connectivity index (χ2v) is 7.67. The maximum absolute atomic E-state index is 13.7. The number of hydrogen-bond acceptors (Lipinski definition) is 5. The van der Waals surface area contributed by atoms with E-state index < -0.39 is 6.03 Å². The van der Waals surface area contributed by atoms with Crippen molar-refractivity contribution >= 4 is 23.3 Å². The molecule has 3 N–H and O–H groups in total. The molecule has 0 bridgehead atoms. The van der Waals surface area contributed by atoms with Gasteiger partial charge < -0.3 is 11.1 Å². The summed E-state index contributed by atoms with van der Waals surface area (Å²) in [5, 5.41) is 8.36. The number of urea groups is 1. The van der Waals surface area contributed by atoms with Gasteiger partial charge in [-0.2, -0.15) is 10.0 Å². The molecule has 5 rings (SSSR count). The van der Waals surface area contributed by atoms with Gasteiger partial charge in [0.05, 0.1) is 12.6 Å². The number of benzene rings is 2. The first-order valence-corrected chi connectivity index (χ1v) is 10.2. The molecule has 0 radical (unpaired) electrons. The van der Waals surface area contributed by atoms with Crippen molar-refractivity contribution in [1.29, 1.82) is 0 Å². The number of hydrogen-bond donors (Lipinski definition) is 2. The molecule has 2 aromatic carbocycles. The Bertz CT molecular complexity index is 1320. The van der Waals surface area contributed by atoms with Crippen LogP contribution in [0.3, 0.4) is 0 Å². The predicted molar refractivity (Wildman–Crippen MR) is 118 cm³/mol. The van der Waals surface area contributed by atoms with Gasteiger partial charge in [0, 0.05) is 23.9 Å². The Balaban J connectivity index is 1.40. The van der Waals surface area contributed by atoms with Crippen molar-refractivity contribution < 1.29 is 14.0 Å². The molecule has 0 unspecified atom stereocenters. The second-order valence-electron chi connectivity index (χ2n) is 7.67. The van der Waals surface area contributed by atoms with Crippen LogP contribution in [0.2, 0.25) is 0 Å². The first-order chi connectivity index (χ1) is 15.5. The molecule has 1 atom stereocenters. The van der Waals surface area contributed by atoms with Gasteiger partial charge in [-0.25, -0.2) is 13.7 Å². The van der Waals surface area contributed by atoms with Crippen LogP contribution in [-0.4, -0.2) is 32.3 Å². The monoisotopic (exact) mass is 432 g/mol. The standard InChI is InChI=1S/C23H21FN6O2/c1-14-5-6-15(17-7-8-21-27-22(25)28-29(21)13-17)12-19(14)26-23(31)30-20(9-10-32-30)16-3-2-4-18(24)11-16/h2-8,11-13,20H,9-10H2,1H3,(H2,25,28)(H,26,31)/t20-/m0/s1. The molecular weight excluding hydrogens is 411 g/mol. The number of carbonyl (C=O) groups is 1. The minimum Gasteiger partial charge on any atom is -0.366 e. The summed E-state index contributed by atoms with van der Waals surface area (Å²) >= 11 is 0. The highest BCUT2D eigenvalue weighted by molar-refractivity contribution is 5.91. The van der Waals surface area contributed by atoms with Crippen LogP contribution in [-0.2, 0) is 4.84 Å². The number of rotatable bonds is 3. The topological polar surface area (TPSA) is 97.8 Å². The van der Waals surface area contributed by atoms with Crippen LogP contribution in [0.15, 0.2) is 60.8 Å². The molecule has 9 heteroatoms. The Morgan fingerprint density at radius 1 is 1.19 bits per heavy atom. The van der Waals surface area contributed by atoms with Crippen molar-refractivity contribution in [2.45, 2.75) is 19.4 Å². The fourth-order valence-corrected chi connectivity index (χ4v) is 3.86. The lowest BCUT2D eigenvalue weighted by molar-refractivity contribution is -0.0830. The van der Waals surface area contributed by atoms with Gasteiger partial charge in [-0.1, -0.05) is 24.3 Å². The number of halogens is 1. The summed E-state index contributed by atoms with van der Waals surface area (Å²) < 4.78 is 15.3. The molecule has 2 aromatic heterocycles. The fourth-order valence-electron chi connectivity index (χ4n) is 3.86. The SMILES string of the molecule is Cc1ccc(-c2ccc3nc(N)nn3c2)cc1NC(=O)N1OCC[C@H]1c1cccc(F)c1. The van der Waals surface area contributed by atoms with Gasteiger partial charge in [0.1, 0.15) is 5.82 Å². The third kappa shape index (κ3) is 3.74. The number of nitrogens with two attached hydrogens (primary N) is 1. The molecule has 1 aliphatic heterocycles. The number of pyridine rings is 1. The van der Waals surface area contributed by atoms with Gasteiger partial charge in [-0.3, -0.25) is 4.84 Å². The number of aryl methyl sites for hydroxylation is 1. The smallest absolute Gasteiger partial charge is 0.346 e. The lowest BCUT2D eigenvalue weighted by Crippen LogP contribution is -2.33. The van der Waals surface area contributed by atoms with Gasteiger partial charge >= 0.3 is 6.03 Å². The summed E-state index contributed by atoms with van der Waals surface area (Å²) in [7, 11) is 0. The van der Waals surface area contributed by atoms with E-state index in [0.29, 0.717) is 29.9 Å². The molecule has 8 nitrogen and oxygen atoms in total. The third-order valence-electron chi connectivity index (χ3n) is 5.50. The highest BCUT2D eigenvalue weighted by Crippen LogP contribution is 2.32. The van der Waals surface area contributed by atoms with E-state index in [9.17, 15) is 9.18 Å². The van der Waals surface area contributed by atoms with Gasteiger partial charge in [0.2, 0.25) is 5.95 Å². The fraction of sp³-hybridized carbons (Fsp3) is 0.174. The first kappa shape index (κ1) is 20.0. The van der Waals surface area contributed by atoms with E-state index in [4.69, 9.17) is 10.6 Å². The van der Waals surface area contributed by atoms with Gasteiger partial charge in [-0.15, -0.1) is 5.10 Å². The van der Waals surface area contributed by atoms with Crippen molar-refractivity contribution in [3.8, 4) is 11.1 Å². The molecule has 32 heavy (non-hydrogen) atoms. The quantitative estimate of drug-likeness (QED) is 0.502. The molecule has 0 spiro atoms. The van der Waals surface area contributed by atoms with Gasteiger partial charge in [0.25, 0.3) is 0 Å². The summed E-state index contributed by atoms with van der Waals surface area (Å²) in [4.78, 5) is 22.7. The molecule has 2 amide bonds. The zero-order valence-electron chi connectivity index (χ0n) is 17.3. The molecule has 0 saturated carbocycles. The highest BCUT2D eigenvalue weighted by Gasteiger charge is 2.32. The van der Waals surface area contributed by atoms with E-state index in [0.717, 1.165) is 16.7 Å². The molecule has 162 valence electrons. The Morgan fingerprint density at radius 2 is 2.03 bits per heavy atom. The van der Waals surface area contributed by atoms with Crippen molar-refractivity contribution in [2.75, 3.05) is 17.7 Å². The van der Waals surface area contributed by atoms with Crippen LogP contribution in [0.1, 0.15) is 23.6 Å². The van der Waals surface area contributed by atoms with E-state index in [1.807, 2.05) is 43.5 Å². The Labute approximate surface area is 183 Å². The Morgan fingerprint density at radius 3 is 2.88 bits per heavy atom. The molecule has 4 aromatic rings. The second kappa shape index (κ2) is 7.93. The van der Waals surface area contributed by atoms with Crippen molar-refractivity contribution in [2.24, 2.45) is 0 Å². The maximum atomic E-state index is 13.7. The summed E-state index contributed by atoms with van der Waals surface area (Å²) in [5.41, 5.74) is 10.4. The van der Waals surface area contributed by atoms with Gasteiger partial charge in [-0.05, 0) is 53.9 Å². The number of nitrogen functional groups attached to an aromatic ring is 1. The molecule has 3 heterocycles. The number of fused-ring (bicyclic) bond motifs is 1. The number of carbonyl (C=O) groups excluding carboxylic acids is 1. The predicted octanol–water partition coefficient (Wildman–Crippen LogP) is 4.34. The maximum Gasteiger partial charge on any atom is 0.346 e. The lowest BCUT2D eigenvalue weighted by Gasteiger charge is -2.23. The van der Waals surface area contributed by atoms with Crippen LogP contribution in [0, 0.1) is 12.7 Å². The van der Waals surface area contributed by atoms with Gasteiger partial charge in [0.15, 0.2) is 5.65 Å². The van der Waals surface area contributed by atoms with Crippen molar-refractivity contribution in [3.63, 3.8) is 0 Å². The Hall–Kier alpha value is -3.98. The number of nitrogens with zero attached hydrogens (tertiary/aromatic N) is 4. The Kier molecular flexibility index (Phi) is 4.95. The number of hydroxylamine groups is 2. The van der Waals surface area contributed by atoms with Crippen molar-refractivity contribution in [1.82, 2.24) is 19.7 Å². The van der Waals surface area contributed by atoms with Crippen LogP contribution < -0.4 is 11.1 Å². The zero-order chi connectivity index (χ0) is 22.2. The number of amides is 2. The lowest BCUT2D eigenvalue weighted by atomic mass is 10.0. The summed E-state index contributed by atoms with van der Waals surface area (Å²) in [6.45, 7) is 2.30. The van der Waals surface area contributed by atoms with E-state index in [1.54, 1.807) is 16.6 Å². The average molecular weight is 432 g/mol. The van der Waals surface area contributed by atoms with Crippen LogP contribution in [0.4, 0.5) is 20.8 Å². The minimum atomic E-state index is -0.406. The minimum absolute atomic E-state index is 0.206. The highest BCUT2D eigenvalue weighted by atomic mass is 19.1. The van der Waals surface area contributed by atoms with E-state index in [2.05, 4.69) is 15.4 Å². The van der Waals surface area contributed by atoms with Crippen LogP contribution >= 0.6 is 0 Å². The zero-order valence-corrected chi connectivity index (χ0v) is 17.3. The largest absolute Gasteiger partial charge is 0.366 e. The summed E-state index contributed by atoms with van der Waals surface area (Å²) in [6, 6.07) is 15.0. The molecule has 0 aliphatic carbocycles. The number of aromatic nitrogens is 3. The van der Waals surface area contributed by atoms with E-state index in [-0.39, 0.29) is 17.8 Å². The molecule has 1 aliphatic rings. The normalized spacial score (nSPS) is 15.9. The summed E-state index contributed by atoms with van der Waals surface area (Å²) in [5.74, 6) is -0.137. The number of anilines is 2. The third-order valence-corrected chi connectivity index (χ3v) is 5.50. The van der Waals surface area contributed by atoms with Crippen molar-refractivity contribution in [3.05, 3.63) is 77.7 Å². The molecule has 1 saturated heterocycles. The molecule has 1 fully saturated rings. The average Bonchev–Trinajstić information content (AvgIpc) is 3.40. The van der Waals surface area contributed by atoms with E-state index >= 15 is 0 Å². The van der Waals surface area contributed by atoms with Crippen LogP contribution in [0.25, 0.3) is 16.8 Å². The van der Waals surface area contributed by atoms with E-state index in [1.165, 1.54) is 17.2 Å².